The number of carbonyl (C=O) groups excluding carboxylic acids is 1. The summed E-state index contributed by atoms with van der Waals surface area (Å²) < 4.78 is 5.20. The largest absolute Gasteiger partial charge is 0.486 e. The summed E-state index contributed by atoms with van der Waals surface area (Å²) in [6.45, 7) is 1.85. The molecule has 14 heavy (non-hydrogen) atoms. The minimum absolute atomic E-state index is 0.0427. The molecule has 0 aromatic heterocycles. The molecule has 4 heteroatoms. The van der Waals surface area contributed by atoms with E-state index in [9.17, 15) is 4.79 Å². The number of benzene rings is 1. The third kappa shape index (κ3) is 3.56. The van der Waals surface area contributed by atoms with Crippen molar-refractivity contribution in [2.24, 2.45) is 0 Å². The summed E-state index contributed by atoms with van der Waals surface area (Å²) in [6.07, 6.45) is 0.467. The van der Waals surface area contributed by atoms with Crippen molar-refractivity contribution in [2.45, 2.75) is 13.3 Å². The first-order chi connectivity index (χ1) is 6.61. The Morgan fingerprint density at radius 3 is 2.36 bits per heavy atom. The summed E-state index contributed by atoms with van der Waals surface area (Å²) in [7, 11) is 0. The van der Waals surface area contributed by atoms with Crippen LogP contribution >= 0.6 is 23.2 Å². The van der Waals surface area contributed by atoms with Crippen LogP contribution in [-0.4, -0.2) is 12.4 Å². The second-order valence-electron chi connectivity index (χ2n) is 2.79. The van der Waals surface area contributed by atoms with Crippen LogP contribution in [0.15, 0.2) is 18.2 Å². The van der Waals surface area contributed by atoms with E-state index < -0.39 is 0 Å². The van der Waals surface area contributed by atoms with Crippen LogP contribution in [0.2, 0.25) is 10.0 Å². The van der Waals surface area contributed by atoms with E-state index in [2.05, 4.69) is 0 Å². The zero-order valence-corrected chi connectivity index (χ0v) is 9.23. The van der Waals surface area contributed by atoms with Crippen LogP contribution in [0.25, 0.3) is 0 Å². The van der Waals surface area contributed by atoms with Crippen LogP contribution in [0.1, 0.15) is 13.3 Å². The van der Waals surface area contributed by atoms with Crippen molar-refractivity contribution in [1.82, 2.24) is 0 Å². The molecule has 0 spiro atoms. The zero-order chi connectivity index (χ0) is 10.6. The lowest BCUT2D eigenvalue weighted by Crippen LogP contribution is -2.09. The Morgan fingerprint density at radius 1 is 1.29 bits per heavy atom. The highest BCUT2D eigenvalue weighted by Gasteiger charge is 2.02. The molecular formula is C10H10Cl2O2. The highest BCUT2D eigenvalue weighted by molar-refractivity contribution is 6.34. The lowest BCUT2D eigenvalue weighted by atomic mass is 10.3. The first-order valence-corrected chi connectivity index (χ1v) is 4.98. The molecule has 1 aromatic carbocycles. The van der Waals surface area contributed by atoms with E-state index >= 15 is 0 Å². The van der Waals surface area contributed by atoms with Gasteiger partial charge in [-0.25, -0.2) is 0 Å². The molecule has 0 saturated heterocycles. The Morgan fingerprint density at radius 2 is 1.86 bits per heavy atom. The molecule has 0 atom stereocenters. The number of ether oxygens (including phenoxy) is 1. The SMILES string of the molecule is CCC(=O)COc1cc(Cl)cc(Cl)c1. The van der Waals surface area contributed by atoms with Gasteiger partial charge in [0.15, 0.2) is 5.78 Å². The van der Waals surface area contributed by atoms with Gasteiger partial charge in [0.1, 0.15) is 12.4 Å². The molecule has 1 aromatic rings. The lowest BCUT2D eigenvalue weighted by Gasteiger charge is -2.05. The van der Waals surface area contributed by atoms with Gasteiger partial charge in [0.2, 0.25) is 0 Å². The van der Waals surface area contributed by atoms with Crippen molar-refractivity contribution in [3.63, 3.8) is 0 Å². The predicted molar refractivity (Wildman–Crippen MR) is 57.3 cm³/mol. The number of hydrogen-bond donors (Lipinski definition) is 0. The van der Waals surface area contributed by atoms with Gasteiger partial charge >= 0.3 is 0 Å². The van der Waals surface area contributed by atoms with Crippen LogP contribution in [0.4, 0.5) is 0 Å². The van der Waals surface area contributed by atoms with Crippen molar-refractivity contribution < 1.29 is 9.53 Å². The lowest BCUT2D eigenvalue weighted by molar-refractivity contribution is -0.120. The molecule has 2 nitrogen and oxygen atoms in total. The van der Waals surface area contributed by atoms with E-state index in [1.54, 1.807) is 25.1 Å². The summed E-state index contributed by atoms with van der Waals surface area (Å²) in [5.74, 6) is 0.561. The Hall–Kier alpha value is -0.730. The summed E-state index contributed by atoms with van der Waals surface area (Å²) in [4.78, 5) is 11.0. The molecule has 0 heterocycles. The van der Waals surface area contributed by atoms with Crippen molar-refractivity contribution in [3.8, 4) is 5.75 Å². The van der Waals surface area contributed by atoms with E-state index in [-0.39, 0.29) is 12.4 Å². The average molecular weight is 233 g/mol. The van der Waals surface area contributed by atoms with Gasteiger partial charge in [0, 0.05) is 16.5 Å². The number of ketones is 1. The first-order valence-electron chi connectivity index (χ1n) is 4.22. The van der Waals surface area contributed by atoms with Crippen molar-refractivity contribution in [2.75, 3.05) is 6.61 Å². The van der Waals surface area contributed by atoms with Gasteiger partial charge in [-0.2, -0.15) is 0 Å². The number of rotatable bonds is 4. The van der Waals surface area contributed by atoms with E-state index in [0.717, 1.165) is 0 Å². The molecule has 0 aliphatic heterocycles. The summed E-state index contributed by atoms with van der Waals surface area (Å²) >= 11 is 11.5. The Bertz CT molecular complexity index is 317. The highest BCUT2D eigenvalue weighted by Crippen LogP contribution is 2.24. The van der Waals surface area contributed by atoms with Gasteiger partial charge in [-0.15, -0.1) is 0 Å². The maximum absolute atomic E-state index is 11.0. The molecule has 0 aliphatic rings. The van der Waals surface area contributed by atoms with E-state index in [0.29, 0.717) is 22.2 Å². The molecule has 1 rings (SSSR count). The van der Waals surface area contributed by atoms with Crippen LogP contribution < -0.4 is 4.74 Å². The summed E-state index contributed by atoms with van der Waals surface area (Å²) in [5.41, 5.74) is 0. The van der Waals surface area contributed by atoms with E-state index in [1.807, 2.05) is 0 Å². The van der Waals surface area contributed by atoms with Crippen LogP contribution in [0, 0.1) is 0 Å². The third-order valence-electron chi connectivity index (χ3n) is 1.63. The van der Waals surface area contributed by atoms with Gasteiger partial charge in [0.25, 0.3) is 0 Å². The number of hydrogen-bond acceptors (Lipinski definition) is 2. The van der Waals surface area contributed by atoms with Crippen molar-refractivity contribution in [3.05, 3.63) is 28.2 Å². The van der Waals surface area contributed by atoms with Gasteiger partial charge < -0.3 is 4.74 Å². The maximum atomic E-state index is 11.0. The van der Waals surface area contributed by atoms with Gasteiger partial charge in [-0.3, -0.25) is 4.79 Å². The molecule has 0 bridgehead atoms. The summed E-state index contributed by atoms with van der Waals surface area (Å²) in [6, 6.07) is 4.85. The van der Waals surface area contributed by atoms with Crippen molar-refractivity contribution in [1.29, 1.82) is 0 Å². The molecule has 0 unspecified atom stereocenters. The Balaban J connectivity index is 2.63. The Kier molecular flexibility index (Phi) is 4.23. The minimum atomic E-state index is 0.0427. The molecule has 0 amide bonds. The highest BCUT2D eigenvalue weighted by atomic mass is 35.5. The van der Waals surface area contributed by atoms with Crippen LogP contribution in [-0.2, 0) is 4.79 Å². The molecular weight excluding hydrogens is 223 g/mol. The van der Waals surface area contributed by atoms with E-state index in [4.69, 9.17) is 27.9 Å². The number of Topliss-reactive ketones (excluding diaryl/α,β-unsaturated/α-hetero) is 1. The fourth-order valence-electron chi connectivity index (χ4n) is 0.878. The molecule has 0 saturated carbocycles. The normalized spacial score (nSPS) is 9.93. The fraction of sp³-hybridized carbons (Fsp3) is 0.300. The molecule has 0 fully saturated rings. The second kappa shape index (κ2) is 5.23. The van der Waals surface area contributed by atoms with Crippen LogP contribution in [0.3, 0.4) is 0 Å². The maximum Gasteiger partial charge on any atom is 0.169 e. The smallest absolute Gasteiger partial charge is 0.169 e. The van der Waals surface area contributed by atoms with Gasteiger partial charge in [-0.05, 0) is 18.2 Å². The van der Waals surface area contributed by atoms with E-state index in [1.165, 1.54) is 0 Å². The molecule has 76 valence electrons. The standard InChI is InChI=1S/C10H10Cl2O2/c1-2-9(13)6-14-10-4-7(11)3-8(12)5-10/h3-5H,2,6H2,1H3. The molecule has 0 N–H and O–H groups in total. The fourth-order valence-corrected chi connectivity index (χ4v) is 1.38. The molecule has 0 aliphatic carbocycles. The number of halogens is 2. The third-order valence-corrected chi connectivity index (χ3v) is 2.07. The number of carbonyl (C=O) groups is 1. The zero-order valence-electron chi connectivity index (χ0n) is 7.72. The van der Waals surface area contributed by atoms with Crippen LogP contribution in [0.5, 0.6) is 5.75 Å². The minimum Gasteiger partial charge on any atom is -0.486 e. The second-order valence-corrected chi connectivity index (χ2v) is 3.66. The van der Waals surface area contributed by atoms with Gasteiger partial charge in [-0.1, -0.05) is 30.1 Å². The monoisotopic (exact) mass is 232 g/mol. The molecule has 0 radical (unpaired) electrons. The quantitative estimate of drug-likeness (QED) is 0.796. The van der Waals surface area contributed by atoms with Crippen molar-refractivity contribution >= 4 is 29.0 Å². The van der Waals surface area contributed by atoms with Gasteiger partial charge in [0.05, 0.1) is 0 Å². The topological polar surface area (TPSA) is 26.3 Å². The summed E-state index contributed by atoms with van der Waals surface area (Å²) in [5, 5.41) is 0.993. The predicted octanol–water partition coefficient (Wildman–Crippen LogP) is 3.35. The average Bonchev–Trinajstić information content (AvgIpc) is 2.12. The Labute approximate surface area is 92.8 Å². The first kappa shape index (κ1) is 11.3.